The third kappa shape index (κ3) is 3.55. The molecule has 0 spiro atoms. The Morgan fingerprint density at radius 2 is 2.16 bits per heavy atom. The highest BCUT2D eigenvalue weighted by atomic mass is 16.5. The highest BCUT2D eigenvalue weighted by molar-refractivity contribution is 5.83. The van der Waals surface area contributed by atoms with Gasteiger partial charge in [-0.1, -0.05) is 29.8 Å². The summed E-state index contributed by atoms with van der Waals surface area (Å²) in [4.78, 5) is 12.2. The molecule has 1 aromatic rings. The van der Waals surface area contributed by atoms with Crippen LogP contribution < -0.4 is 5.73 Å². The molecule has 4 heteroatoms. The molecule has 2 N–H and O–H groups in total. The lowest BCUT2D eigenvalue weighted by molar-refractivity contribution is -0.148. The maximum Gasteiger partial charge on any atom is 0.317 e. The number of carbonyl (C=O) groups excluding carboxylic acids is 1. The van der Waals surface area contributed by atoms with Crippen LogP contribution in [-0.2, 0) is 19.7 Å². The van der Waals surface area contributed by atoms with Gasteiger partial charge < -0.3 is 15.2 Å². The van der Waals surface area contributed by atoms with Crippen molar-refractivity contribution in [1.82, 2.24) is 0 Å². The number of hydrogen-bond acceptors (Lipinski definition) is 4. The van der Waals surface area contributed by atoms with E-state index in [1.165, 1.54) is 7.11 Å². The van der Waals surface area contributed by atoms with Crippen molar-refractivity contribution in [3.8, 4) is 0 Å². The molecule has 1 unspecified atom stereocenters. The van der Waals surface area contributed by atoms with Gasteiger partial charge in [0.2, 0.25) is 0 Å². The molecule has 0 aromatic heterocycles. The maximum absolute atomic E-state index is 12.2. The van der Waals surface area contributed by atoms with E-state index in [-0.39, 0.29) is 12.5 Å². The largest absolute Gasteiger partial charge is 0.468 e. The van der Waals surface area contributed by atoms with Crippen LogP contribution >= 0.6 is 0 Å². The molecule has 19 heavy (non-hydrogen) atoms. The van der Waals surface area contributed by atoms with Crippen LogP contribution in [0.2, 0.25) is 0 Å². The zero-order valence-corrected chi connectivity index (χ0v) is 11.9. The van der Waals surface area contributed by atoms with Crippen LogP contribution in [0.3, 0.4) is 0 Å². The van der Waals surface area contributed by atoms with E-state index in [4.69, 9.17) is 15.2 Å². The molecule has 1 rings (SSSR count). The maximum atomic E-state index is 12.2. The standard InChI is InChI=1S/C15H23NO3/c1-4-19-9-8-15(11-16,14(17)18-3)13-7-5-6-12(2)10-13/h5-7,10H,4,8-9,11,16H2,1-3H3. The quantitative estimate of drug-likeness (QED) is 0.603. The lowest BCUT2D eigenvalue weighted by Gasteiger charge is -2.30. The van der Waals surface area contributed by atoms with Gasteiger partial charge in [-0.25, -0.2) is 0 Å². The van der Waals surface area contributed by atoms with Gasteiger partial charge in [0.15, 0.2) is 0 Å². The average molecular weight is 265 g/mol. The van der Waals surface area contributed by atoms with Crippen molar-refractivity contribution in [2.24, 2.45) is 5.73 Å². The number of aryl methyl sites for hydroxylation is 1. The Kier molecular flexibility index (Phi) is 5.99. The Labute approximate surface area is 114 Å². The van der Waals surface area contributed by atoms with Gasteiger partial charge in [0.1, 0.15) is 5.41 Å². The lowest BCUT2D eigenvalue weighted by atomic mass is 9.77. The number of methoxy groups -OCH3 is 1. The van der Waals surface area contributed by atoms with Crippen LogP contribution in [0.5, 0.6) is 0 Å². The van der Waals surface area contributed by atoms with E-state index in [0.29, 0.717) is 19.6 Å². The fourth-order valence-corrected chi connectivity index (χ4v) is 2.20. The second-order valence-electron chi connectivity index (χ2n) is 4.59. The summed E-state index contributed by atoms with van der Waals surface area (Å²) in [5, 5.41) is 0. The van der Waals surface area contributed by atoms with Gasteiger partial charge in [-0.2, -0.15) is 0 Å². The molecule has 1 aromatic carbocycles. The van der Waals surface area contributed by atoms with Crippen molar-refractivity contribution in [2.75, 3.05) is 26.9 Å². The molecule has 0 aliphatic rings. The average Bonchev–Trinajstić information content (AvgIpc) is 2.43. The third-order valence-electron chi connectivity index (χ3n) is 3.37. The van der Waals surface area contributed by atoms with Crippen LogP contribution in [0.4, 0.5) is 0 Å². The Bertz CT molecular complexity index is 420. The molecule has 0 bridgehead atoms. The molecular formula is C15H23NO3. The summed E-state index contributed by atoms with van der Waals surface area (Å²) in [5.41, 5.74) is 7.05. The first-order valence-electron chi connectivity index (χ1n) is 6.54. The van der Waals surface area contributed by atoms with E-state index in [9.17, 15) is 4.79 Å². The molecule has 0 heterocycles. The van der Waals surface area contributed by atoms with E-state index in [2.05, 4.69) is 0 Å². The van der Waals surface area contributed by atoms with Crippen molar-refractivity contribution >= 4 is 5.97 Å². The van der Waals surface area contributed by atoms with Gasteiger partial charge in [0.05, 0.1) is 7.11 Å². The van der Waals surface area contributed by atoms with Crippen molar-refractivity contribution in [2.45, 2.75) is 25.7 Å². The molecule has 0 fully saturated rings. The smallest absolute Gasteiger partial charge is 0.317 e. The van der Waals surface area contributed by atoms with Crippen LogP contribution in [-0.4, -0.2) is 32.8 Å². The summed E-state index contributed by atoms with van der Waals surface area (Å²) in [5.74, 6) is -0.305. The molecule has 1 atom stereocenters. The van der Waals surface area contributed by atoms with E-state index < -0.39 is 5.41 Å². The number of rotatable bonds is 7. The molecular weight excluding hydrogens is 242 g/mol. The van der Waals surface area contributed by atoms with Crippen LogP contribution in [0.1, 0.15) is 24.5 Å². The summed E-state index contributed by atoms with van der Waals surface area (Å²) >= 11 is 0. The molecule has 0 radical (unpaired) electrons. The van der Waals surface area contributed by atoms with Gasteiger partial charge in [0, 0.05) is 19.8 Å². The van der Waals surface area contributed by atoms with Gasteiger partial charge >= 0.3 is 5.97 Å². The third-order valence-corrected chi connectivity index (χ3v) is 3.37. The Morgan fingerprint density at radius 3 is 2.68 bits per heavy atom. The Morgan fingerprint density at radius 1 is 1.42 bits per heavy atom. The first kappa shape index (κ1) is 15.7. The second-order valence-corrected chi connectivity index (χ2v) is 4.59. The number of esters is 1. The summed E-state index contributed by atoms with van der Waals surface area (Å²) in [6.07, 6.45) is 0.521. The molecule has 4 nitrogen and oxygen atoms in total. The van der Waals surface area contributed by atoms with Gasteiger partial charge in [-0.05, 0) is 25.8 Å². The van der Waals surface area contributed by atoms with E-state index in [1.54, 1.807) is 0 Å². The first-order valence-corrected chi connectivity index (χ1v) is 6.54. The predicted molar refractivity (Wildman–Crippen MR) is 75.0 cm³/mol. The zero-order valence-electron chi connectivity index (χ0n) is 11.9. The number of nitrogens with two attached hydrogens (primary N) is 1. The van der Waals surface area contributed by atoms with Gasteiger partial charge in [-0.15, -0.1) is 0 Å². The normalized spacial score (nSPS) is 13.9. The molecule has 0 saturated heterocycles. The first-order chi connectivity index (χ1) is 9.10. The SMILES string of the molecule is CCOCCC(CN)(C(=O)OC)c1cccc(C)c1. The number of benzene rings is 1. The minimum Gasteiger partial charge on any atom is -0.468 e. The van der Waals surface area contributed by atoms with E-state index in [1.807, 2.05) is 38.1 Å². The predicted octanol–water partition coefficient (Wildman–Crippen LogP) is 1.79. The van der Waals surface area contributed by atoms with Crippen molar-refractivity contribution in [3.63, 3.8) is 0 Å². The Balaban J connectivity index is 3.12. The van der Waals surface area contributed by atoms with Gasteiger partial charge in [0.25, 0.3) is 0 Å². The summed E-state index contributed by atoms with van der Waals surface area (Å²) < 4.78 is 10.3. The lowest BCUT2D eigenvalue weighted by Crippen LogP contribution is -2.44. The Hall–Kier alpha value is -1.39. The molecule has 0 aliphatic heterocycles. The van der Waals surface area contributed by atoms with Crippen LogP contribution in [0, 0.1) is 6.92 Å². The van der Waals surface area contributed by atoms with Crippen LogP contribution in [0.15, 0.2) is 24.3 Å². The van der Waals surface area contributed by atoms with E-state index >= 15 is 0 Å². The second kappa shape index (κ2) is 7.26. The minimum atomic E-state index is -0.823. The topological polar surface area (TPSA) is 61.5 Å². The van der Waals surface area contributed by atoms with E-state index in [0.717, 1.165) is 11.1 Å². The fourth-order valence-electron chi connectivity index (χ4n) is 2.20. The summed E-state index contributed by atoms with van der Waals surface area (Å²) in [6, 6.07) is 7.82. The molecule has 0 saturated carbocycles. The van der Waals surface area contributed by atoms with Crippen molar-refractivity contribution in [3.05, 3.63) is 35.4 Å². The summed E-state index contributed by atoms with van der Waals surface area (Å²) in [7, 11) is 1.39. The zero-order chi connectivity index (χ0) is 14.3. The van der Waals surface area contributed by atoms with Crippen molar-refractivity contribution < 1.29 is 14.3 Å². The highest BCUT2D eigenvalue weighted by Gasteiger charge is 2.40. The number of ether oxygens (including phenoxy) is 2. The monoisotopic (exact) mass is 265 g/mol. The van der Waals surface area contributed by atoms with Crippen molar-refractivity contribution in [1.29, 1.82) is 0 Å². The molecule has 0 aliphatic carbocycles. The number of hydrogen-bond donors (Lipinski definition) is 1. The minimum absolute atomic E-state index is 0.205. The van der Waals surface area contributed by atoms with Gasteiger partial charge in [-0.3, -0.25) is 4.79 Å². The fraction of sp³-hybridized carbons (Fsp3) is 0.533. The highest BCUT2D eigenvalue weighted by Crippen LogP contribution is 2.29. The molecule has 0 amide bonds. The number of carbonyl (C=O) groups is 1. The van der Waals surface area contributed by atoms with Crippen LogP contribution in [0.25, 0.3) is 0 Å². The molecule has 106 valence electrons. The summed E-state index contributed by atoms with van der Waals surface area (Å²) in [6.45, 7) is 5.22.